The first-order chi connectivity index (χ1) is 7.29. The van der Waals surface area contributed by atoms with Crippen LogP contribution in [-0.2, 0) is 11.9 Å². The molecule has 0 radical (unpaired) electrons. The lowest BCUT2D eigenvalue weighted by molar-refractivity contribution is 0.322. The molecule has 1 aliphatic heterocycles. The van der Waals surface area contributed by atoms with E-state index in [-0.39, 0.29) is 5.56 Å². The fourth-order valence-electron chi connectivity index (χ4n) is 1.79. The molecular formula is C10H14BrN3O. The molecule has 15 heavy (non-hydrogen) atoms. The van der Waals surface area contributed by atoms with E-state index < -0.39 is 0 Å². The van der Waals surface area contributed by atoms with Crippen LogP contribution in [0.25, 0.3) is 0 Å². The molecule has 0 unspecified atom stereocenters. The normalized spacial score (nSPS) is 17.1. The molecule has 0 spiro atoms. The van der Waals surface area contributed by atoms with Crippen molar-refractivity contribution in [3.8, 4) is 0 Å². The van der Waals surface area contributed by atoms with Gasteiger partial charge in [-0.15, -0.1) is 0 Å². The molecule has 1 saturated heterocycles. The third kappa shape index (κ3) is 2.66. The van der Waals surface area contributed by atoms with E-state index in [0.29, 0.717) is 10.9 Å². The number of hydrogen-bond donors (Lipinski definition) is 1. The van der Waals surface area contributed by atoms with Crippen molar-refractivity contribution >= 4 is 15.9 Å². The number of nitrogens with one attached hydrogen (secondary N) is 1. The summed E-state index contributed by atoms with van der Waals surface area (Å²) in [6.45, 7) is 2.99. The lowest BCUT2D eigenvalue weighted by atomic mass is 10.4. The van der Waals surface area contributed by atoms with Crippen LogP contribution in [0, 0.1) is 0 Å². The average molecular weight is 272 g/mol. The van der Waals surface area contributed by atoms with Crippen molar-refractivity contribution in [3.63, 3.8) is 0 Å². The summed E-state index contributed by atoms with van der Waals surface area (Å²) in [6, 6.07) is 0. The SMILES string of the molecule is O=c1[nH]c(CN2CCCC2)ncc1CBr. The topological polar surface area (TPSA) is 49.0 Å². The van der Waals surface area contributed by atoms with E-state index >= 15 is 0 Å². The molecule has 0 bridgehead atoms. The monoisotopic (exact) mass is 271 g/mol. The van der Waals surface area contributed by atoms with Gasteiger partial charge in [0.1, 0.15) is 5.82 Å². The summed E-state index contributed by atoms with van der Waals surface area (Å²) >= 11 is 3.25. The Morgan fingerprint density at radius 1 is 1.47 bits per heavy atom. The van der Waals surface area contributed by atoms with E-state index in [1.165, 1.54) is 12.8 Å². The van der Waals surface area contributed by atoms with Crippen molar-refractivity contribution in [1.29, 1.82) is 0 Å². The maximum absolute atomic E-state index is 11.5. The predicted octanol–water partition coefficient (Wildman–Crippen LogP) is 1.26. The van der Waals surface area contributed by atoms with Crippen LogP contribution in [0.5, 0.6) is 0 Å². The molecule has 1 fully saturated rings. The molecule has 1 aromatic heterocycles. The first-order valence-electron chi connectivity index (χ1n) is 5.15. The summed E-state index contributed by atoms with van der Waals surface area (Å²) in [5.41, 5.74) is 0.649. The summed E-state index contributed by atoms with van der Waals surface area (Å²) in [5.74, 6) is 0.770. The third-order valence-corrected chi connectivity index (χ3v) is 3.25. The van der Waals surface area contributed by atoms with Crippen molar-refractivity contribution in [1.82, 2.24) is 14.9 Å². The smallest absolute Gasteiger partial charge is 0.254 e. The number of alkyl halides is 1. The van der Waals surface area contributed by atoms with Gasteiger partial charge in [0.25, 0.3) is 5.56 Å². The van der Waals surface area contributed by atoms with Crippen LogP contribution in [0.4, 0.5) is 0 Å². The van der Waals surface area contributed by atoms with Crippen LogP contribution >= 0.6 is 15.9 Å². The highest BCUT2D eigenvalue weighted by Crippen LogP contribution is 2.09. The first kappa shape index (κ1) is 10.8. The zero-order valence-corrected chi connectivity index (χ0v) is 10.1. The highest BCUT2D eigenvalue weighted by molar-refractivity contribution is 9.08. The molecule has 4 nitrogen and oxygen atoms in total. The van der Waals surface area contributed by atoms with Crippen molar-refractivity contribution < 1.29 is 0 Å². The molecule has 1 aliphatic rings. The minimum Gasteiger partial charge on any atom is -0.309 e. The van der Waals surface area contributed by atoms with E-state index in [2.05, 4.69) is 30.8 Å². The summed E-state index contributed by atoms with van der Waals surface area (Å²) in [4.78, 5) is 20.9. The van der Waals surface area contributed by atoms with Crippen molar-refractivity contribution in [2.75, 3.05) is 13.1 Å². The molecule has 82 valence electrons. The van der Waals surface area contributed by atoms with Gasteiger partial charge in [0.15, 0.2) is 0 Å². The second kappa shape index (κ2) is 4.90. The zero-order chi connectivity index (χ0) is 10.7. The Morgan fingerprint density at radius 2 is 2.20 bits per heavy atom. The highest BCUT2D eigenvalue weighted by Gasteiger charge is 2.13. The zero-order valence-electron chi connectivity index (χ0n) is 8.50. The summed E-state index contributed by atoms with van der Waals surface area (Å²) in [6.07, 6.45) is 4.16. The molecule has 2 heterocycles. The summed E-state index contributed by atoms with van der Waals surface area (Å²) in [5, 5.41) is 0.555. The minimum absolute atomic E-state index is 0.0314. The van der Waals surface area contributed by atoms with Crippen LogP contribution in [0.2, 0.25) is 0 Å². The maximum Gasteiger partial charge on any atom is 0.254 e. The van der Waals surface area contributed by atoms with Gasteiger partial charge >= 0.3 is 0 Å². The number of hydrogen-bond acceptors (Lipinski definition) is 3. The van der Waals surface area contributed by atoms with Gasteiger partial charge < -0.3 is 4.98 Å². The summed E-state index contributed by atoms with van der Waals surface area (Å²) in [7, 11) is 0. The van der Waals surface area contributed by atoms with Crippen LogP contribution in [0.3, 0.4) is 0 Å². The van der Waals surface area contributed by atoms with Crippen molar-refractivity contribution in [2.24, 2.45) is 0 Å². The number of H-pyrrole nitrogens is 1. The molecule has 0 amide bonds. The quantitative estimate of drug-likeness (QED) is 0.843. The Balaban J connectivity index is 2.08. The third-order valence-electron chi connectivity index (χ3n) is 2.64. The second-order valence-electron chi connectivity index (χ2n) is 3.80. The van der Waals surface area contributed by atoms with Gasteiger partial charge in [-0.2, -0.15) is 0 Å². The molecule has 0 saturated carbocycles. The predicted molar refractivity (Wildman–Crippen MR) is 62.0 cm³/mol. The Kier molecular flexibility index (Phi) is 3.53. The number of rotatable bonds is 3. The van der Waals surface area contributed by atoms with Gasteiger partial charge in [0.05, 0.1) is 6.54 Å². The van der Waals surface area contributed by atoms with Gasteiger partial charge in [-0.3, -0.25) is 9.69 Å². The molecule has 1 N–H and O–H groups in total. The molecule has 1 aromatic rings. The van der Waals surface area contributed by atoms with E-state index in [1.807, 2.05) is 0 Å². The van der Waals surface area contributed by atoms with Crippen LogP contribution < -0.4 is 5.56 Å². The lowest BCUT2D eigenvalue weighted by Crippen LogP contribution is -2.23. The fourth-order valence-corrected chi connectivity index (χ4v) is 2.19. The Labute approximate surface area is 96.8 Å². The Morgan fingerprint density at radius 3 is 2.80 bits per heavy atom. The second-order valence-corrected chi connectivity index (χ2v) is 4.36. The maximum atomic E-state index is 11.5. The molecular weight excluding hydrogens is 258 g/mol. The highest BCUT2D eigenvalue weighted by atomic mass is 79.9. The number of aromatic nitrogens is 2. The average Bonchev–Trinajstić information content (AvgIpc) is 2.71. The number of aromatic amines is 1. The van der Waals surface area contributed by atoms with Gasteiger partial charge in [-0.05, 0) is 25.9 Å². The Hall–Kier alpha value is -0.680. The van der Waals surface area contributed by atoms with Crippen molar-refractivity contribution in [2.45, 2.75) is 24.7 Å². The van der Waals surface area contributed by atoms with Gasteiger partial charge in [0.2, 0.25) is 0 Å². The number of halogens is 1. The van der Waals surface area contributed by atoms with E-state index in [1.54, 1.807) is 6.20 Å². The van der Waals surface area contributed by atoms with E-state index in [0.717, 1.165) is 25.5 Å². The summed E-state index contributed by atoms with van der Waals surface area (Å²) < 4.78 is 0. The van der Waals surface area contributed by atoms with Crippen LogP contribution in [-0.4, -0.2) is 28.0 Å². The number of nitrogens with zero attached hydrogens (tertiary/aromatic N) is 2. The van der Waals surface area contributed by atoms with Crippen LogP contribution in [0.15, 0.2) is 11.0 Å². The lowest BCUT2D eigenvalue weighted by Gasteiger charge is -2.13. The van der Waals surface area contributed by atoms with Gasteiger partial charge in [-0.25, -0.2) is 4.98 Å². The van der Waals surface area contributed by atoms with E-state index in [9.17, 15) is 4.79 Å². The molecule has 2 rings (SSSR count). The minimum atomic E-state index is -0.0314. The standard InChI is InChI=1S/C10H14BrN3O/c11-5-8-6-12-9(13-10(8)15)7-14-3-1-2-4-14/h6H,1-5,7H2,(H,12,13,15). The molecule has 0 aromatic carbocycles. The first-order valence-corrected chi connectivity index (χ1v) is 6.27. The van der Waals surface area contributed by atoms with E-state index in [4.69, 9.17) is 0 Å². The van der Waals surface area contributed by atoms with Gasteiger partial charge in [0, 0.05) is 17.1 Å². The van der Waals surface area contributed by atoms with Gasteiger partial charge in [-0.1, -0.05) is 15.9 Å². The number of likely N-dealkylation sites (tertiary alicyclic amines) is 1. The fraction of sp³-hybridized carbons (Fsp3) is 0.600. The van der Waals surface area contributed by atoms with Crippen molar-refractivity contribution in [3.05, 3.63) is 27.9 Å². The molecule has 5 heteroatoms. The molecule has 0 aliphatic carbocycles. The molecule has 0 atom stereocenters. The van der Waals surface area contributed by atoms with Crippen LogP contribution in [0.1, 0.15) is 24.2 Å². The Bertz CT molecular complexity index is 384. The largest absolute Gasteiger partial charge is 0.309 e.